The van der Waals surface area contributed by atoms with E-state index in [9.17, 15) is 14.7 Å². The number of rotatable bonds is 6. The Morgan fingerprint density at radius 2 is 1.72 bits per heavy atom. The van der Waals surface area contributed by atoms with Gasteiger partial charge in [0.15, 0.2) is 0 Å². The molecule has 0 saturated heterocycles. The first kappa shape index (κ1) is 25.7. The monoisotopic (exact) mass is 519 g/mol. The van der Waals surface area contributed by atoms with Crippen LogP contribution >= 0.6 is 0 Å². The van der Waals surface area contributed by atoms with Gasteiger partial charge in [0.2, 0.25) is 0 Å². The van der Waals surface area contributed by atoms with Crippen LogP contribution in [-0.2, 0) is 10.2 Å². The molecule has 0 aromatic heterocycles. The highest BCUT2D eigenvalue weighted by atomic mass is 16.5. The number of methoxy groups -OCH3 is 1. The van der Waals surface area contributed by atoms with Gasteiger partial charge in [0.05, 0.1) is 24.3 Å². The lowest BCUT2D eigenvalue weighted by molar-refractivity contribution is 0.0600. The molecule has 1 aliphatic heterocycles. The largest absolute Gasteiger partial charge is 0.478 e. The Bertz CT molecular complexity index is 1600. The van der Waals surface area contributed by atoms with Gasteiger partial charge in [-0.05, 0) is 70.6 Å². The molecule has 196 valence electrons. The third-order valence-electron chi connectivity index (χ3n) is 7.55. The van der Waals surface area contributed by atoms with Crippen LogP contribution in [0, 0.1) is 5.41 Å². The van der Waals surface area contributed by atoms with Gasteiger partial charge in [-0.25, -0.2) is 9.59 Å². The molecule has 7 nitrogen and oxygen atoms in total. The van der Waals surface area contributed by atoms with Gasteiger partial charge in [-0.3, -0.25) is 5.41 Å². The van der Waals surface area contributed by atoms with E-state index in [0.29, 0.717) is 11.1 Å². The van der Waals surface area contributed by atoms with Crippen LogP contribution in [0.4, 0.5) is 5.69 Å². The van der Waals surface area contributed by atoms with Crippen molar-refractivity contribution in [3.05, 3.63) is 124 Å². The molecular formula is C32H29N3O4. The number of aromatic carboxylic acids is 1. The minimum atomic E-state index is -1.12. The average Bonchev–Trinajstić information content (AvgIpc) is 2.96. The van der Waals surface area contributed by atoms with E-state index in [4.69, 9.17) is 15.9 Å². The Morgan fingerprint density at radius 1 is 0.974 bits per heavy atom. The van der Waals surface area contributed by atoms with E-state index in [0.717, 1.165) is 34.4 Å². The number of hydrogen-bond donors (Lipinski definition) is 4. The fourth-order valence-electron chi connectivity index (χ4n) is 5.47. The summed E-state index contributed by atoms with van der Waals surface area (Å²) in [5, 5.41) is 21.5. The molecule has 7 heteroatoms. The van der Waals surface area contributed by atoms with Gasteiger partial charge < -0.3 is 20.9 Å². The summed E-state index contributed by atoms with van der Waals surface area (Å²) in [4.78, 5) is 24.1. The number of esters is 1. The Hall–Kier alpha value is -4.91. The number of nitrogens with two attached hydrogens (primary N) is 1. The van der Waals surface area contributed by atoms with E-state index >= 15 is 0 Å². The number of hydrogen-bond acceptors (Lipinski definition) is 5. The van der Waals surface area contributed by atoms with Crippen LogP contribution in [0.2, 0.25) is 0 Å². The third-order valence-corrected chi connectivity index (χ3v) is 7.55. The molecular weight excluding hydrogens is 490 g/mol. The van der Waals surface area contributed by atoms with Crippen molar-refractivity contribution in [2.75, 3.05) is 12.4 Å². The number of nitrogens with one attached hydrogen (secondary N) is 2. The Morgan fingerprint density at radius 3 is 2.41 bits per heavy atom. The summed E-state index contributed by atoms with van der Waals surface area (Å²) in [6, 6.07) is 28.4. The van der Waals surface area contributed by atoms with Crippen molar-refractivity contribution in [2.24, 2.45) is 5.73 Å². The smallest absolute Gasteiger partial charge is 0.337 e. The van der Waals surface area contributed by atoms with Gasteiger partial charge in [-0.2, -0.15) is 0 Å². The number of benzene rings is 4. The zero-order valence-corrected chi connectivity index (χ0v) is 21.7. The summed E-state index contributed by atoms with van der Waals surface area (Å²) < 4.78 is 4.76. The summed E-state index contributed by atoms with van der Waals surface area (Å²) in [7, 11) is 1.26. The van der Waals surface area contributed by atoms with Crippen molar-refractivity contribution >= 4 is 23.5 Å². The second-order valence-corrected chi connectivity index (χ2v) is 9.96. The normalized spacial score (nSPS) is 17.9. The molecule has 0 radical (unpaired) electrons. The van der Waals surface area contributed by atoms with Crippen molar-refractivity contribution in [3.63, 3.8) is 0 Å². The van der Waals surface area contributed by atoms with Crippen molar-refractivity contribution in [1.82, 2.24) is 0 Å². The first-order valence-electron chi connectivity index (χ1n) is 12.6. The third kappa shape index (κ3) is 4.75. The number of ether oxygens (including phenoxy) is 1. The molecule has 0 spiro atoms. The summed E-state index contributed by atoms with van der Waals surface area (Å²) in [5.74, 6) is -1.68. The first-order chi connectivity index (χ1) is 18.7. The molecule has 2 unspecified atom stereocenters. The van der Waals surface area contributed by atoms with Crippen LogP contribution in [0.25, 0.3) is 11.1 Å². The lowest BCUT2D eigenvalue weighted by Gasteiger charge is -2.42. The number of carboxylic acids is 1. The van der Waals surface area contributed by atoms with E-state index in [1.54, 1.807) is 12.1 Å². The average molecular weight is 520 g/mol. The maximum atomic E-state index is 12.1. The van der Waals surface area contributed by atoms with E-state index in [1.165, 1.54) is 13.2 Å². The molecule has 39 heavy (non-hydrogen) atoms. The predicted octanol–water partition coefficient (Wildman–Crippen LogP) is 5.99. The maximum absolute atomic E-state index is 12.1. The van der Waals surface area contributed by atoms with Crippen LogP contribution < -0.4 is 11.1 Å². The molecule has 0 fully saturated rings. The van der Waals surface area contributed by atoms with Gasteiger partial charge >= 0.3 is 11.9 Å². The van der Waals surface area contributed by atoms with Crippen molar-refractivity contribution in [1.29, 1.82) is 5.41 Å². The van der Waals surface area contributed by atoms with E-state index in [2.05, 4.69) is 24.4 Å². The number of carbonyl (C=O) groups excluding carboxylic acids is 1. The highest BCUT2D eigenvalue weighted by Gasteiger charge is 2.39. The molecule has 1 aliphatic rings. The number of nitrogen functional groups attached to an aromatic ring is 1. The molecule has 2 atom stereocenters. The molecule has 0 bridgehead atoms. The van der Waals surface area contributed by atoms with Gasteiger partial charge in [0.25, 0.3) is 0 Å². The molecule has 5 rings (SSSR count). The van der Waals surface area contributed by atoms with Crippen LogP contribution in [-0.4, -0.2) is 30.0 Å². The number of anilines is 1. The Kier molecular flexibility index (Phi) is 6.66. The quantitative estimate of drug-likeness (QED) is 0.141. The second kappa shape index (κ2) is 10.1. The lowest BCUT2D eigenvalue weighted by Crippen LogP contribution is -2.35. The molecule has 0 saturated carbocycles. The van der Waals surface area contributed by atoms with Crippen molar-refractivity contribution in [3.8, 4) is 11.1 Å². The van der Waals surface area contributed by atoms with E-state index in [1.807, 2.05) is 60.7 Å². The Balaban J connectivity index is 1.59. The SMILES string of the molecule is COC(=O)c1ccc(-c2cccc(C3CC(C)(c4ccccc4)c4cc(C(=N)N)ccc4N3)c2)c(C(=O)O)c1. The maximum Gasteiger partial charge on any atom is 0.337 e. The molecule has 1 heterocycles. The summed E-state index contributed by atoms with van der Waals surface area (Å²) >= 11 is 0. The first-order valence-corrected chi connectivity index (χ1v) is 12.6. The van der Waals surface area contributed by atoms with Crippen molar-refractivity contribution < 1.29 is 19.4 Å². The second-order valence-electron chi connectivity index (χ2n) is 9.96. The summed E-state index contributed by atoms with van der Waals surface area (Å²) in [6.45, 7) is 2.21. The van der Waals surface area contributed by atoms with Gasteiger partial charge in [-0.15, -0.1) is 0 Å². The predicted molar refractivity (Wildman–Crippen MR) is 152 cm³/mol. The van der Waals surface area contributed by atoms with E-state index < -0.39 is 11.9 Å². The minimum Gasteiger partial charge on any atom is -0.478 e. The number of carboxylic acid groups (broad SMARTS) is 1. The number of carbonyl (C=O) groups is 2. The molecule has 0 aliphatic carbocycles. The lowest BCUT2D eigenvalue weighted by atomic mass is 9.68. The van der Waals surface area contributed by atoms with Gasteiger partial charge in [0.1, 0.15) is 5.84 Å². The number of amidine groups is 1. The van der Waals surface area contributed by atoms with Crippen LogP contribution in [0.3, 0.4) is 0 Å². The highest BCUT2D eigenvalue weighted by Crippen LogP contribution is 2.48. The Labute approximate surface area is 226 Å². The standard InChI is InChI=1S/C32H29N3O4/c1-32(23-9-4-3-5-10-23)18-28(35-27-14-12-21(29(33)34)17-26(27)32)20-8-6-7-19(15-20)24-13-11-22(31(38)39-2)16-25(24)30(36)37/h3-17,28,35H,18H2,1-2H3,(H3,33,34)(H,36,37). The summed E-state index contributed by atoms with van der Waals surface area (Å²) in [6.07, 6.45) is 0.724. The zero-order chi connectivity index (χ0) is 27.7. The number of fused-ring (bicyclic) bond motifs is 1. The fraction of sp³-hybridized carbons (Fsp3) is 0.156. The van der Waals surface area contributed by atoms with E-state index in [-0.39, 0.29) is 28.4 Å². The van der Waals surface area contributed by atoms with Gasteiger partial charge in [-0.1, -0.05) is 61.5 Å². The highest BCUT2D eigenvalue weighted by molar-refractivity contribution is 6.00. The molecule has 4 aromatic carbocycles. The van der Waals surface area contributed by atoms with Crippen LogP contribution in [0.15, 0.2) is 91.0 Å². The topological polar surface area (TPSA) is 126 Å². The van der Waals surface area contributed by atoms with Gasteiger partial charge in [0, 0.05) is 16.7 Å². The molecule has 5 N–H and O–H groups in total. The fourth-order valence-corrected chi connectivity index (χ4v) is 5.47. The van der Waals surface area contributed by atoms with Crippen molar-refractivity contribution in [2.45, 2.75) is 24.8 Å². The van der Waals surface area contributed by atoms with Crippen LogP contribution in [0.5, 0.6) is 0 Å². The molecule has 0 amide bonds. The molecule has 4 aromatic rings. The summed E-state index contributed by atoms with van der Waals surface area (Å²) in [5.41, 5.74) is 11.8. The zero-order valence-electron chi connectivity index (χ0n) is 21.7. The van der Waals surface area contributed by atoms with Crippen LogP contribution in [0.1, 0.15) is 62.4 Å². The minimum absolute atomic E-state index is 0.0236.